The fourth-order valence-corrected chi connectivity index (χ4v) is 3.22. The second-order valence-corrected chi connectivity index (χ2v) is 6.56. The number of methoxy groups -OCH3 is 1. The molecule has 0 aliphatic heterocycles. The van der Waals surface area contributed by atoms with Gasteiger partial charge in [-0.3, -0.25) is 0 Å². The van der Waals surface area contributed by atoms with Gasteiger partial charge in [-0.05, 0) is 57.7 Å². The standard InChI is InChI=1S/C20H20BrNO3/c1-23-19-12-15(11-17(22)18-8-5-9-24-18)10-16(21)20(19)25-13-14-6-3-2-4-7-14/h2-10,12,17H,11,13,22H2,1H3. The molecule has 2 aromatic carbocycles. The van der Waals surface area contributed by atoms with Gasteiger partial charge in [0.15, 0.2) is 11.5 Å². The molecule has 1 atom stereocenters. The van der Waals surface area contributed by atoms with Crippen LogP contribution in [0.2, 0.25) is 0 Å². The molecule has 0 amide bonds. The number of ether oxygens (including phenoxy) is 2. The van der Waals surface area contributed by atoms with Gasteiger partial charge in [-0.1, -0.05) is 30.3 Å². The summed E-state index contributed by atoms with van der Waals surface area (Å²) in [6, 6.07) is 17.5. The summed E-state index contributed by atoms with van der Waals surface area (Å²) in [5, 5.41) is 0. The molecule has 0 fully saturated rings. The summed E-state index contributed by atoms with van der Waals surface area (Å²) in [4.78, 5) is 0. The lowest BCUT2D eigenvalue weighted by atomic mass is 10.0. The first-order valence-electron chi connectivity index (χ1n) is 7.99. The summed E-state index contributed by atoms with van der Waals surface area (Å²) in [7, 11) is 1.63. The van der Waals surface area contributed by atoms with Crippen LogP contribution in [0.25, 0.3) is 0 Å². The van der Waals surface area contributed by atoms with Crippen LogP contribution in [-0.4, -0.2) is 7.11 Å². The molecule has 3 aromatic rings. The van der Waals surface area contributed by atoms with Gasteiger partial charge in [0.2, 0.25) is 0 Å². The van der Waals surface area contributed by atoms with E-state index in [0.717, 1.165) is 21.4 Å². The number of halogens is 1. The van der Waals surface area contributed by atoms with Crippen molar-refractivity contribution < 1.29 is 13.9 Å². The van der Waals surface area contributed by atoms with Gasteiger partial charge >= 0.3 is 0 Å². The van der Waals surface area contributed by atoms with Crippen LogP contribution in [0.4, 0.5) is 0 Å². The van der Waals surface area contributed by atoms with Gasteiger partial charge in [-0.15, -0.1) is 0 Å². The van der Waals surface area contributed by atoms with Gasteiger partial charge in [-0.2, -0.15) is 0 Å². The SMILES string of the molecule is COc1cc(CC(N)c2ccco2)cc(Br)c1OCc1ccccc1. The molecule has 0 radical (unpaired) electrons. The third kappa shape index (κ3) is 4.44. The zero-order valence-corrected chi connectivity index (χ0v) is 15.5. The highest BCUT2D eigenvalue weighted by molar-refractivity contribution is 9.10. The maximum Gasteiger partial charge on any atom is 0.175 e. The van der Waals surface area contributed by atoms with Gasteiger partial charge in [0, 0.05) is 0 Å². The Morgan fingerprint density at radius 1 is 1.08 bits per heavy atom. The second kappa shape index (κ2) is 8.23. The van der Waals surface area contributed by atoms with E-state index in [-0.39, 0.29) is 6.04 Å². The van der Waals surface area contributed by atoms with Gasteiger partial charge in [-0.25, -0.2) is 0 Å². The van der Waals surface area contributed by atoms with Crippen molar-refractivity contribution in [1.82, 2.24) is 0 Å². The number of rotatable bonds is 7. The maximum atomic E-state index is 6.20. The Balaban J connectivity index is 1.76. The van der Waals surface area contributed by atoms with Crippen molar-refractivity contribution in [3.63, 3.8) is 0 Å². The molecule has 0 saturated carbocycles. The average molecular weight is 402 g/mol. The number of furan rings is 1. The van der Waals surface area contributed by atoms with Crippen molar-refractivity contribution >= 4 is 15.9 Å². The van der Waals surface area contributed by atoms with E-state index >= 15 is 0 Å². The first-order valence-corrected chi connectivity index (χ1v) is 8.79. The topological polar surface area (TPSA) is 57.6 Å². The van der Waals surface area contributed by atoms with E-state index < -0.39 is 0 Å². The van der Waals surface area contributed by atoms with Gasteiger partial charge in [0.1, 0.15) is 12.4 Å². The van der Waals surface area contributed by atoms with E-state index in [9.17, 15) is 0 Å². The third-order valence-electron chi connectivity index (χ3n) is 3.88. The molecule has 0 spiro atoms. The highest BCUT2D eigenvalue weighted by Crippen LogP contribution is 2.38. The van der Waals surface area contributed by atoms with Gasteiger partial charge in [0.05, 0.1) is 23.9 Å². The molecule has 130 valence electrons. The number of hydrogen-bond acceptors (Lipinski definition) is 4. The van der Waals surface area contributed by atoms with Crippen LogP contribution in [0.1, 0.15) is 22.9 Å². The zero-order valence-electron chi connectivity index (χ0n) is 13.9. The highest BCUT2D eigenvalue weighted by atomic mass is 79.9. The van der Waals surface area contributed by atoms with Crippen LogP contribution in [0.3, 0.4) is 0 Å². The minimum absolute atomic E-state index is 0.206. The molecule has 0 aliphatic rings. The molecule has 4 nitrogen and oxygen atoms in total. The summed E-state index contributed by atoms with van der Waals surface area (Å²) in [6.45, 7) is 0.473. The largest absolute Gasteiger partial charge is 0.493 e. The Labute approximate surface area is 155 Å². The van der Waals surface area contributed by atoms with E-state index in [1.165, 1.54) is 0 Å². The van der Waals surface area contributed by atoms with Gasteiger partial charge in [0.25, 0.3) is 0 Å². The summed E-state index contributed by atoms with van der Waals surface area (Å²) < 4.78 is 17.7. The first-order chi connectivity index (χ1) is 12.2. The van der Waals surface area contributed by atoms with E-state index in [0.29, 0.717) is 24.5 Å². The van der Waals surface area contributed by atoms with Crippen molar-refractivity contribution in [2.75, 3.05) is 7.11 Å². The average Bonchev–Trinajstić information content (AvgIpc) is 3.16. The Kier molecular flexibility index (Phi) is 5.79. The van der Waals surface area contributed by atoms with Crippen molar-refractivity contribution in [1.29, 1.82) is 0 Å². The van der Waals surface area contributed by atoms with Crippen LogP contribution in [-0.2, 0) is 13.0 Å². The fourth-order valence-electron chi connectivity index (χ4n) is 2.62. The molecular formula is C20H20BrNO3. The second-order valence-electron chi connectivity index (χ2n) is 5.71. The molecule has 2 N–H and O–H groups in total. The lowest BCUT2D eigenvalue weighted by Gasteiger charge is -2.16. The van der Waals surface area contributed by atoms with E-state index in [1.54, 1.807) is 13.4 Å². The van der Waals surface area contributed by atoms with E-state index in [4.69, 9.17) is 19.6 Å². The van der Waals surface area contributed by atoms with Crippen LogP contribution in [0.15, 0.2) is 69.8 Å². The summed E-state index contributed by atoms with van der Waals surface area (Å²) in [5.74, 6) is 2.12. The van der Waals surface area contributed by atoms with Crippen LogP contribution >= 0.6 is 15.9 Å². The number of benzene rings is 2. The van der Waals surface area contributed by atoms with E-state index in [2.05, 4.69) is 15.9 Å². The summed E-state index contributed by atoms with van der Waals surface area (Å²) in [6.07, 6.45) is 2.27. The quantitative estimate of drug-likeness (QED) is 0.613. The van der Waals surface area contributed by atoms with E-state index in [1.807, 2.05) is 54.6 Å². The van der Waals surface area contributed by atoms with Crippen LogP contribution < -0.4 is 15.2 Å². The Morgan fingerprint density at radius 3 is 2.56 bits per heavy atom. The summed E-state index contributed by atoms with van der Waals surface area (Å²) in [5.41, 5.74) is 8.34. The number of hydrogen-bond donors (Lipinski definition) is 1. The fraction of sp³-hybridized carbons (Fsp3) is 0.200. The first kappa shape index (κ1) is 17.6. The molecule has 1 aromatic heterocycles. The van der Waals surface area contributed by atoms with Crippen molar-refractivity contribution in [3.05, 3.63) is 82.2 Å². The maximum absolute atomic E-state index is 6.20. The molecule has 1 heterocycles. The normalized spacial score (nSPS) is 12.0. The van der Waals surface area contributed by atoms with Crippen LogP contribution in [0, 0.1) is 0 Å². The zero-order chi connectivity index (χ0) is 17.6. The van der Waals surface area contributed by atoms with Crippen molar-refractivity contribution in [3.8, 4) is 11.5 Å². The molecule has 0 bridgehead atoms. The molecule has 5 heteroatoms. The van der Waals surface area contributed by atoms with Crippen LogP contribution in [0.5, 0.6) is 11.5 Å². The Hall–Kier alpha value is -2.24. The van der Waals surface area contributed by atoms with Gasteiger partial charge < -0.3 is 19.6 Å². The monoisotopic (exact) mass is 401 g/mol. The lowest BCUT2D eigenvalue weighted by Crippen LogP contribution is -2.12. The van der Waals surface area contributed by atoms with Crippen molar-refractivity contribution in [2.45, 2.75) is 19.1 Å². The molecule has 0 saturated heterocycles. The molecule has 0 aliphatic carbocycles. The highest BCUT2D eigenvalue weighted by Gasteiger charge is 2.15. The Bertz CT molecular complexity index is 803. The molecule has 3 rings (SSSR count). The minimum atomic E-state index is -0.206. The predicted octanol–water partition coefficient (Wildman–Crippen LogP) is 4.87. The van der Waals surface area contributed by atoms with Crippen molar-refractivity contribution in [2.24, 2.45) is 5.73 Å². The third-order valence-corrected chi connectivity index (χ3v) is 4.47. The number of nitrogens with two attached hydrogens (primary N) is 1. The smallest absolute Gasteiger partial charge is 0.175 e. The predicted molar refractivity (Wildman–Crippen MR) is 101 cm³/mol. The molecule has 25 heavy (non-hydrogen) atoms. The lowest BCUT2D eigenvalue weighted by molar-refractivity contribution is 0.282. The Morgan fingerprint density at radius 2 is 1.88 bits per heavy atom. The molecular weight excluding hydrogens is 382 g/mol. The molecule has 1 unspecified atom stereocenters. The summed E-state index contributed by atoms with van der Waals surface area (Å²) >= 11 is 3.58. The minimum Gasteiger partial charge on any atom is -0.493 e.